The van der Waals surface area contributed by atoms with Crippen molar-refractivity contribution >= 4 is 10.0 Å². The summed E-state index contributed by atoms with van der Waals surface area (Å²) in [7, 11) is -3.53. The van der Waals surface area contributed by atoms with Crippen molar-refractivity contribution in [3.05, 3.63) is 41.9 Å². The van der Waals surface area contributed by atoms with Crippen LogP contribution in [0.2, 0.25) is 0 Å². The van der Waals surface area contributed by atoms with Gasteiger partial charge in [0.25, 0.3) is 0 Å². The highest BCUT2D eigenvalue weighted by Gasteiger charge is 2.28. The van der Waals surface area contributed by atoms with E-state index >= 15 is 0 Å². The maximum absolute atomic E-state index is 12.0. The summed E-state index contributed by atoms with van der Waals surface area (Å²) in [5.74, 6) is -0.273. The van der Waals surface area contributed by atoms with E-state index in [1.54, 1.807) is 38.1 Å². The highest BCUT2D eigenvalue weighted by atomic mass is 32.2. The van der Waals surface area contributed by atoms with Crippen molar-refractivity contribution in [3.8, 4) is 0 Å². The third-order valence-electron chi connectivity index (χ3n) is 2.62. The van der Waals surface area contributed by atoms with Crippen LogP contribution in [0.15, 0.2) is 41.2 Å². The summed E-state index contributed by atoms with van der Waals surface area (Å²) in [5, 5.41) is 0. The highest BCUT2D eigenvalue weighted by Crippen LogP contribution is 2.23. The molecular weight excluding hydrogens is 266 g/mol. The standard InChI is InChI=1S/C13H17NO4S/c1-10-4-6-12(7-5-10)19(15,16)14-8-11-9-17-13(2,3)18-11/h4-7,9,14H,8H2,1-3H3. The number of rotatable bonds is 4. The van der Waals surface area contributed by atoms with E-state index in [1.807, 2.05) is 6.92 Å². The molecule has 0 fully saturated rings. The van der Waals surface area contributed by atoms with Crippen molar-refractivity contribution in [2.75, 3.05) is 6.54 Å². The van der Waals surface area contributed by atoms with Crippen molar-refractivity contribution in [1.29, 1.82) is 0 Å². The maximum Gasteiger partial charge on any atom is 0.244 e. The molecule has 0 aromatic heterocycles. The van der Waals surface area contributed by atoms with Crippen LogP contribution in [0.5, 0.6) is 0 Å². The van der Waals surface area contributed by atoms with Crippen LogP contribution in [0, 0.1) is 6.92 Å². The number of hydrogen-bond donors (Lipinski definition) is 1. The van der Waals surface area contributed by atoms with Gasteiger partial charge < -0.3 is 9.47 Å². The Hall–Kier alpha value is -1.53. The summed E-state index contributed by atoms with van der Waals surface area (Å²) < 4.78 is 37.2. The first kappa shape index (κ1) is 13.9. The average molecular weight is 283 g/mol. The minimum atomic E-state index is -3.53. The first-order valence-electron chi connectivity index (χ1n) is 5.91. The van der Waals surface area contributed by atoms with Gasteiger partial charge in [-0.05, 0) is 19.1 Å². The maximum atomic E-state index is 12.0. The molecule has 6 heteroatoms. The van der Waals surface area contributed by atoms with Crippen LogP contribution in [0.4, 0.5) is 0 Å². The molecule has 0 amide bonds. The van der Waals surface area contributed by atoms with Gasteiger partial charge in [0, 0.05) is 13.8 Å². The molecule has 0 aliphatic carbocycles. The normalized spacial score (nSPS) is 17.5. The Kier molecular flexibility index (Phi) is 3.56. The number of benzene rings is 1. The molecule has 0 bridgehead atoms. The van der Waals surface area contributed by atoms with Crippen LogP contribution in [0.1, 0.15) is 19.4 Å². The van der Waals surface area contributed by atoms with E-state index < -0.39 is 15.8 Å². The predicted octanol–water partition coefficient (Wildman–Crippen LogP) is 1.90. The Morgan fingerprint density at radius 1 is 1.21 bits per heavy atom. The van der Waals surface area contributed by atoms with Gasteiger partial charge in [-0.15, -0.1) is 0 Å². The lowest BCUT2D eigenvalue weighted by atomic mass is 10.2. The number of aryl methyl sites for hydroxylation is 1. The molecule has 1 N–H and O–H groups in total. The number of ether oxygens (including phenoxy) is 2. The van der Waals surface area contributed by atoms with Gasteiger partial charge in [-0.2, -0.15) is 0 Å². The third-order valence-corrected chi connectivity index (χ3v) is 4.04. The first-order valence-corrected chi connectivity index (χ1v) is 7.39. The molecule has 2 rings (SSSR count). The van der Waals surface area contributed by atoms with E-state index in [4.69, 9.17) is 9.47 Å². The van der Waals surface area contributed by atoms with Crippen molar-refractivity contribution < 1.29 is 17.9 Å². The fraction of sp³-hybridized carbons (Fsp3) is 0.385. The smallest absolute Gasteiger partial charge is 0.244 e. The van der Waals surface area contributed by atoms with Gasteiger partial charge in [-0.25, -0.2) is 13.1 Å². The Labute approximate surface area is 113 Å². The quantitative estimate of drug-likeness (QED) is 0.916. The van der Waals surface area contributed by atoms with E-state index in [9.17, 15) is 8.42 Å². The molecule has 1 aromatic carbocycles. The number of sulfonamides is 1. The monoisotopic (exact) mass is 283 g/mol. The number of nitrogens with one attached hydrogen (secondary N) is 1. The first-order chi connectivity index (χ1) is 8.78. The molecule has 1 heterocycles. The lowest BCUT2D eigenvalue weighted by Crippen LogP contribution is -2.28. The van der Waals surface area contributed by atoms with E-state index in [0.29, 0.717) is 5.76 Å². The van der Waals surface area contributed by atoms with Crippen molar-refractivity contribution in [2.24, 2.45) is 0 Å². The topological polar surface area (TPSA) is 64.6 Å². The fourth-order valence-corrected chi connectivity index (χ4v) is 2.61. The Morgan fingerprint density at radius 3 is 2.37 bits per heavy atom. The van der Waals surface area contributed by atoms with Crippen LogP contribution in [-0.4, -0.2) is 20.7 Å². The molecule has 0 atom stereocenters. The Balaban J connectivity index is 2.01. The molecule has 1 aliphatic rings. The zero-order valence-corrected chi connectivity index (χ0v) is 12.0. The SMILES string of the molecule is Cc1ccc(S(=O)(=O)NCC2=COC(C)(C)O2)cc1. The van der Waals surface area contributed by atoms with Crippen LogP contribution >= 0.6 is 0 Å². The molecule has 0 radical (unpaired) electrons. The molecule has 0 saturated heterocycles. The van der Waals surface area contributed by atoms with Gasteiger partial charge in [0.05, 0.1) is 11.4 Å². The van der Waals surface area contributed by atoms with Gasteiger partial charge >= 0.3 is 0 Å². The van der Waals surface area contributed by atoms with Gasteiger partial charge in [0.2, 0.25) is 15.8 Å². The molecule has 104 valence electrons. The summed E-state index contributed by atoms with van der Waals surface area (Å²) in [6.07, 6.45) is 1.43. The second-order valence-corrected chi connectivity index (χ2v) is 6.61. The van der Waals surface area contributed by atoms with Crippen LogP contribution in [0.3, 0.4) is 0 Å². The van der Waals surface area contributed by atoms with Gasteiger partial charge in [-0.3, -0.25) is 0 Å². The van der Waals surface area contributed by atoms with Crippen molar-refractivity contribution in [3.63, 3.8) is 0 Å². The summed E-state index contributed by atoms with van der Waals surface area (Å²) in [6, 6.07) is 6.65. The lowest BCUT2D eigenvalue weighted by molar-refractivity contribution is -0.116. The average Bonchev–Trinajstić information content (AvgIpc) is 2.67. The van der Waals surface area contributed by atoms with E-state index in [2.05, 4.69) is 4.72 Å². The van der Waals surface area contributed by atoms with Crippen LogP contribution in [-0.2, 0) is 19.5 Å². The highest BCUT2D eigenvalue weighted by molar-refractivity contribution is 7.89. The fourth-order valence-electron chi connectivity index (χ4n) is 1.62. The second kappa shape index (κ2) is 4.86. The zero-order chi connectivity index (χ0) is 14.1. The van der Waals surface area contributed by atoms with Crippen LogP contribution < -0.4 is 4.72 Å². The molecule has 1 aliphatic heterocycles. The zero-order valence-electron chi connectivity index (χ0n) is 11.1. The second-order valence-electron chi connectivity index (χ2n) is 4.84. The van der Waals surface area contributed by atoms with Gasteiger partial charge in [-0.1, -0.05) is 17.7 Å². The Bertz CT molecular complexity index is 588. The molecular formula is C13H17NO4S. The minimum absolute atomic E-state index is 0.0691. The molecule has 0 saturated carbocycles. The van der Waals surface area contributed by atoms with Gasteiger partial charge in [0.1, 0.15) is 6.26 Å². The molecule has 0 spiro atoms. The van der Waals surface area contributed by atoms with Gasteiger partial charge in [0.15, 0.2) is 5.76 Å². The van der Waals surface area contributed by atoms with Crippen LogP contribution in [0.25, 0.3) is 0 Å². The van der Waals surface area contributed by atoms with Crippen molar-refractivity contribution in [2.45, 2.75) is 31.5 Å². The third kappa shape index (κ3) is 3.48. The molecule has 1 aromatic rings. The summed E-state index contributed by atoms with van der Waals surface area (Å²) in [6.45, 7) is 5.48. The van der Waals surface area contributed by atoms with E-state index in [0.717, 1.165) is 5.56 Å². The Morgan fingerprint density at radius 2 is 1.84 bits per heavy atom. The van der Waals surface area contributed by atoms with E-state index in [-0.39, 0.29) is 11.4 Å². The molecule has 0 unspecified atom stereocenters. The summed E-state index contributed by atoms with van der Waals surface area (Å²) >= 11 is 0. The minimum Gasteiger partial charge on any atom is -0.457 e. The number of hydrogen-bond acceptors (Lipinski definition) is 4. The predicted molar refractivity (Wildman–Crippen MR) is 70.7 cm³/mol. The molecule has 5 nitrogen and oxygen atoms in total. The lowest BCUT2D eigenvalue weighted by Gasteiger charge is -2.18. The summed E-state index contributed by atoms with van der Waals surface area (Å²) in [5.41, 5.74) is 1.01. The molecule has 19 heavy (non-hydrogen) atoms. The van der Waals surface area contributed by atoms with E-state index in [1.165, 1.54) is 6.26 Å². The summed E-state index contributed by atoms with van der Waals surface area (Å²) in [4.78, 5) is 0.233. The van der Waals surface area contributed by atoms with Crippen molar-refractivity contribution in [1.82, 2.24) is 4.72 Å². The largest absolute Gasteiger partial charge is 0.457 e.